The van der Waals surface area contributed by atoms with E-state index >= 15 is 0 Å². The SMILES string of the molecule is O=C(NN=Cc1cc(Br)c(O)c([N+](=O)[O-])c1)c1cc2cc([N+](=O)[O-])ccc2s1. The van der Waals surface area contributed by atoms with Crippen molar-refractivity contribution < 1.29 is 19.7 Å². The number of aromatic hydroxyl groups is 1. The summed E-state index contributed by atoms with van der Waals surface area (Å²) in [5, 5.41) is 35.7. The lowest BCUT2D eigenvalue weighted by atomic mass is 10.2. The van der Waals surface area contributed by atoms with Crippen LogP contribution in [0.15, 0.2) is 46.0 Å². The summed E-state index contributed by atoms with van der Waals surface area (Å²) in [6.45, 7) is 0. The monoisotopic (exact) mass is 464 g/mol. The van der Waals surface area contributed by atoms with Crippen molar-refractivity contribution in [3.05, 3.63) is 71.5 Å². The third-order valence-corrected chi connectivity index (χ3v) is 5.30. The fourth-order valence-corrected chi connectivity index (χ4v) is 3.70. The molecule has 0 fully saturated rings. The summed E-state index contributed by atoms with van der Waals surface area (Å²) in [6, 6.07) is 8.31. The first-order chi connectivity index (χ1) is 13.3. The van der Waals surface area contributed by atoms with Crippen LogP contribution in [0, 0.1) is 20.2 Å². The first-order valence-electron chi connectivity index (χ1n) is 7.44. The van der Waals surface area contributed by atoms with Gasteiger partial charge in [0.1, 0.15) is 0 Å². The molecule has 3 aromatic rings. The summed E-state index contributed by atoms with van der Waals surface area (Å²) in [5.41, 5.74) is 1.99. The predicted molar refractivity (Wildman–Crippen MR) is 106 cm³/mol. The number of nitrogens with one attached hydrogen (secondary N) is 1. The van der Waals surface area contributed by atoms with Crippen LogP contribution in [0.4, 0.5) is 11.4 Å². The van der Waals surface area contributed by atoms with E-state index in [0.717, 1.165) is 17.4 Å². The highest BCUT2D eigenvalue weighted by molar-refractivity contribution is 9.10. The second kappa shape index (κ2) is 7.70. The predicted octanol–water partition coefficient (Wildman–Crippen LogP) is 3.95. The summed E-state index contributed by atoms with van der Waals surface area (Å²) in [7, 11) is 0. The highest BCUT2D eigenvalue weighted by Crippen LogP contribution is 2.34. The van der Waals surface area contributed by atoms with E-state index in [2.05, 4.69) is 26.5 Å². The van der Waals surface area contributed by atoms with E-state index in [-0.39, 0.29) is 15.7 Å². The molecule has 0 bridgehead atoms. The van der Waals surface area contributed by atoms with Crippen LogP contribution in [0.2, 0.25) is 0 Å². The number of hydrazone groups is 1. The largest absolute Gasteiger partial charge is 0.501 e. The molecule has 0 saturated heterocycles. The lowest BCUT2D eigenvalue weighted by molar-refractivity contribution is -0.386. The van der Waals surface area contributed by atoms with E-state index in [1.54, 1.807) is 6.07 Å². The number of carbonyl (C=O) groups is 1. The second-order valence-electron chi connectivity index (χ2n) is 5.42. The highest BCUT2D eigenvalue weighted by atomic mass is 79.9. The molecule has 28 heavy (non-hydrogen) atoms. The molecule has 0 spiro atoms. The lowest BCUT2D eigenvalue weighted by Gasteiger charge is -2.01. The van der Waals surface area contributed by atoms with Gasteiger partial charge in [0.25, 0.3) is 11.6 Å². The fourth-order valence-electron chi connectivity index (χ4n) is 2.30. The molecule has 0 aliphatic carbocycles. The Morgan fingerprint density at radius 2 is 1.93 bits per heavy atom. The minimum Gasteiger partial charge on any atom is -0.501 e. The summed E-state index contributed by atoms with van der Waals surface area (Å²) in [6.07, 6.45) is 1.19. The van der Waals surface area contributed by atoms with Crippen molar-refractivity contribution in [3.8, 4) is 5.75 Å². The van der Waals surface area contributed by atoms with Crippen LogP contribution >= 0.6 is 27.3 Å². The van der Waals surface area contributed by atoms with Crippen molar-refractivity contribution in [2.24, 2.45) is 5.10 Å². The number of nitro groups is 2. The molecular weight excluding hydrogens is 456 g/mol. The van der Waals surface area contributed by atoms with E-state index in [4.69, 9.17) is 0 Å². The topological polar surface area (TPSA) is 148 Å². The van der Waals surface area contributed by atoms with Gasteiger partial charge in [-0.1, -0.05) is 0 Å². The molecule has 1 amide bonds. The first-order valence-corrected chi connectivity index (χ1v) is 9.05. The van der Waals surface area contributed by atoms with Crippen LogP contribution in [-0.2, 0) is 0 Å². The van der Waals surface area contributed by atoms with Gasteiger partial charge in [-0.2, -0.15) is 5.10 Å². The molecule has 0 aliphatic heterocycles. The Hall–Kier alpha value is -3.38. The zero-order valence-corrected chi connectivity index (χ0v) is 16.1. The molecule has 0 unspecified atom stereocenters. The van der Waals surface area contributed by atoms with E-state index in [0.29, 0.717) is 15.0 Å². The zero-order valence-electron chi connectivity index (χ0n) is 13.7. The number of non-ortho nitro benzene ring substituents is 1. The number of phenols is 1. The molecule has 2 N–H and O–H groups in total. The number of thiophene rings is 1. The highest BCUT2D eigenvalue weighted by Gasteiger charge is 2.17. The summed E-state index contributed by atoms with van der Waals surface area (Å²) in [4.78, 5) is 33.0. The van der Waals surface area contributed by atoms with E-state index in [9.17, 15) is 30.1 Å². The smallest absolute Gasteiger partial charge is 0.312 e. The Kier molecular flexibility index (Phi) is 5.33. The van der Waals surface area contributed by atoms with Crippen LogP contribution in [0.25, 0.3) is 10.1 Å². The number of halogens is 1. The molecule has 12 heteroatoms. The van der Waals surface area contributed by atoms with Crippen LogP contribution in [0.5, 0.6) is 5.75 Å². The Morgan fingerprint density at radius 3 is 2.61 bits per heavy atom. The second-order valence-corrected chi connectivity index (χ2v) is 7.35. The van der Waals surface area contributed by atoms with Gasteiger partial charge in [0.05, 0.1) is 25.4 Å². The summed E-state index contributed by atoms with van der Waals surface area (Å²) >= 11 is 4.15. The molecule has 0 radical (unpaired) electrons. The van der Waals surface area contributed by atoms with Gasteiger partial charge in [-0.05, 0) is 34.1 Å². The van der Waals surface area contributed by atoms with Crippen LogP contribution in [0.1, 0.15) is 15.2 Å². The van der Waals surface area contributed by atoms with Gasteiger partial charge in [0, 0.05) is 33.8 Å². The molecule has 0 atom stereocenters. The number of phenolic OH excluding ortho intramolecular Hbond substituents is 1. The number of nitro benzene ring substituents is 2. The average molecular weight is 465 g/mol. The molecule has 2 aromatic carbocycles. The molecule has 1 aromatic heterocycles. The number of hydrogen-bond acceptors (Lipinski definition) is 8. The van der Waals surface area contributed by atoms with Crippen LogP contribution in [-0.4, -0.2) is 27.1 Å². The van der Waals surface area contributed by atoms with E-state index < -0.39 is 27.2 Å². The zero-order chi connectivity index (χ0) is 20.4. The minimum atomic E-state index is -0.744. The van der Waals surface area contributed by atoms with Crippen molar-refractivity contribution in [1.82, 2.24) is 5.43 Å². The molecule has 0 aliphatic rings. The summed E-state index contributed by atoms with van der Waals surface area (Å²) < 4.78 is 0.818. The number of nitrogens with zero attached hydrogens (tertiary/aromatic N) is 3. The molecule has 10 nitrogen and oxygen atoms in total. The van der Waals surface area contributed by atoms with Crippen LogP contribution < -0.4 is 5.43 Å². The van der Waals surface area contributed by atoms with E-state index in [1.807, 2.05) is 0 Å². The Morgan fingerprint density at radius 1 is 1.18 bits per heavy atom. The van der Waals surface area contributed by atoms with Crippen molar-refractivity contribution >= 4 is 60.8 Å². The van der Waals surface area contributed by atoms with Gasteiger partial charge in [-0.25, -0.2) is 5.43 Å². The average Bonchev–Trinajstić information content (AvgIpc) is 3.07. The Balaban J connectivity index is 1.78. The van der Waals surface area contributed by atoms with Crippen molar-refractivity contribution in [1.29, 1.82) is 0 Å². The number of fused-ring (bicyclic) bond motifs is 1. The maximum absolute atomic E-state index is 12.2. The number of rotatable bonds is 5. The normalized spacial score (nSPS) is 11.0. The third kappa shape index (κ3) is 3.97. The Labute approximate surface area is 168 Å². The minimum absolute atomic E-state index is 0.0743. The quantitative estimate of drug-likeness (QED) is 0.331. The van der Waals surface area contributed by atoms with Gasteiger partial charge >= 0.3 is 5.69 Å². The molecule has 3 rings (SSSR count). The third-order valence-electron chi connectivity index (χ3n) is 3.58. The van der Waals surface area contributed by atoms with Crippen molar-refractivity contribution in [2.75, 3.05) is 0 Å². The van der Waals surface area contributed by atoms with E-state index in [1.165, 1.54) is 30.5 Å². The van der Waals surface area contributed by atoms with Crippen molar-refractivity contribution in [2.45, 2.75) is 0 Å². The number of benzene rings is 2. The maximum atomic E-state index is 12.2. The van der Waals surface area contributed by atoms with Crippen molar-refractivity contribution in [3.63, 3.8) is 0 Å². The van der Waals surface area contributed by atoms with Gasteiger partial charge in [0.15, 0.2) is 0 Å². The molecule has 0 saturated carbocycles. The van der Waals surface area contributed by atoms with Gasteiger partial charge in [0.2, 0.25) is 5.75 Å². The Bertz CT molecular complexity index is 1160. The molecular formula is C16H9BrN4O6S. The fraction of sp³-hybridized carbons (Fsp3) is 0. The standard InChI is InChI=1S/C16H9BrN4O6S/c17-11-3-8(4-12(15(11)22)21(26)27)7-18-19-16(23)14-6-9-5-10(20(24)25)1-2-13(9)28-14/h1-7,22H,(H,19,23). The molecule has 1 heterocycles. The van der Waals surface area contributed by atoms with Gasteiger partial charge in [-0.15, -0.1) is 11.3 Å². The maximum Gasteiger partial charge on any atom is 0.312 e. The molecule has 142 valence electrons. The summed E-state index contributed by atoms with van der Waals surface area (Å²) in [5.74, 6) is -1.04. The van der Waals surface area contributed by atoms with Gasteiger partial charge < -0.3 is 5.11 Å². The number of hydrogen-bond donors (Lipinski definition) is 2. The lowest BCUT2D eigenvalue weighted by Crippen LogP contribution is -2.16. The first kappa shape index (κ1) is 19.4. The van der Waals surface area contributed by atoms with Gasteiger partial charge in [-0.3, -0.25) is 25.0 Å². The number of carbonyl (C=O) groups excluding carboxylic acids is 1. The number of amides is 1. The van der Waals surface area contributed by atoms with Crippen LogP contribution in [0.3, 0.4) is 0 Å².